The molecule has 284 valence electrons. The molecule has 0 rings (SSSR count). The molecule has 0 radical (unpaired) electrons. The molecule has 0 aliphatic heterocycles. The van der Waals surface area contributed by atoms with Crippen molar-refractivity contribution in [1.29, 1.82) is 0 Å². The minimum atomic E-state index is 0.0866. The highest BCUT2D eigenvalue weighted by atomic mass is 14.8. The molecule has 0 bridgehead atoms. The van der Waals surface area contributed by atoms with Gasteiger partial charge in [-0.2, -0.15) is 0 Å². The molecule has 1 unspecified atom stereocenters. The van der Waals surface area contributed by atoms with E-state index in [1.165, 1.54) is 257 Å². The van der Waals surface area contributed by atoms with Crippen molar-refractivity contribution in [3.8, 4) is 0 Å². The molecule has 2 N–H and O–H groups in total. The molecule has 1 atom stereocenters. The average molecular weight is 662 g/mol. The van der Waals surface area contributed by atoms with E-state index in [-0.39, 0.29) is 5.54 Å². The molecule has 0 aliphatic carbocycles. The summed E-state index contributed by atoms with van der Waals surface area (Å²) in [4.78, 5) is 0. The number of hydrogen-bond acceptors (Lipinski definition) is 1. The second-order valence-corrected chi connectivity index (χ2v) is 16.3. The maximum Gasteiger partial charge on any atom is 0.0182 e. The van der Waals surface area contributed by atoms with Gasteiger partial charge >= 0.3 is 0 Å². The third kappa shape index (κ3) is 32.9. The Morgan fingerprint density at radius 2 is 0.468 bits per heavy atom. The summed E-state index contributed by atoms with van der Waals surface area (Å²) in [5.74, 6) is 0.750. The predicted molar refractivity (Wildman–Crippen MR) is 218 cm³/mol. The smallest absolute Gasteiger partial charge is 0.0182 e. The molecule has 0 aromatic carbocycles. The number of unbranched alkanes of at least 4 members (excludes halogenated alkanes) is 32. The van der Waals surface area contributed by atoms with E-state index in [0.29, 0.717) is 0 Å². The second-order valence-electron chi connectivity index (χ2n) is 16.3. The van der Waals surface area contributed by atoms with Crippen LogP contribution in [-0.2, 0) is 0 Å². The van der Waals surface area contributed by atoms with E-state index in [1.54, 1.807) is 0 Å². The van der Waals surface area contributed by atoms with Gasteiger partial charge < -0.3 is 5.73 Å². The fourth-order valence-corrected chi connectivity index (χ4v) is 8.18. The van der Waals surface area contributed by atoms with E-state index in [1.807, 2.05) is 0 Å². The minimum absolute atomic E-state index is 0.0866. The largest absolute Gasteiger partial charge is 0.325 e. The van der Waals surface area contributed by atoms with Gasteiger partial charge in [-0.1, -0.05) is 259 Å². The van der Waals surface area contributed by atoms with Crippen LogP contribution in [0.2, 0.25) is 0 Å². The first-order valence-corrected chi connectivity index (χ1v) is 22.9. The van der Waals surface area contributed by atoms with Crippen molar-refractivity contribution in [3.63, 3.8) is 0 Å². The Kier molecular flexibility index (Phi) is 38.7. The Labute approximate surface area is 301 Å². The quantitative estimate of drug-likeness (QED) is 0.0648. The van der Waals surface area contributed by atoms with E-state index in [9.17, 15) is 0 Å². The van der Waals surface area contributed by atoms with Crippen LogP contribution in [0.15, 0.2) is 0 Å². The molecular formula is C46H95N. The zero-order chi connectivity index (χ0) is 34.4. The molecule has 0 aromatic heterocycles. The van der Waals surface area contributed by atoms with Gasteiger partial charge in [-0.15, -0.1) is 0 Å². The Hall–Kier alpha value is -0.0400. The van der Waals surface area contributed by atoms with E-state index in [0.717, 1.165) is 5.92 Å². The molecule has 0 saturated heterocycles. The van der Waals surface area contributed by atoms with Gasteiger partial charge in [0.2, 0.25) is 0 Å². The zero-order valence-corrected chi connectivity index (χ0v) is 33.9. The summed E-state index contributed by atoms with van der Waals surface area (Å²) in [6.45, 7) is 9.31. The Bertz CT molecular complexity index is 535. The molecule has 0 aromatic rings. The van der Waals surface area contributed by atoms with E-state index >= 15 is 0 Å². The molecule has 1 nitrogen and oxygen atoms in total. The van der Waals surface area contributed by atoms with Crippen LogP contribution in [0.3, 0.4) is 0 Å². The van der Waals surface area contributed by atoms with Crippen LogP contribution in [0.5, 0.6) is 0 Å². The normalized spacial score (nSPS) is 12.7. The number of hydrogen-bond donors (Lipinski definition) is 1. The monoisotopic (exact) mass is 662 g/mol. The summed E-state index contributed by atoms with van der Waals surface area (Å²) in [5.41, 5.74) is 7.72. The van der Waals surface area contributed by atoms with Crippen molar-refractivity contribution >= 4 is 0 Å². The van der Waals surface area contributed by atoms with Gasteiger partial charge in [0.1, 0.15) is 0 Å². The summed E-state index contributed by atoms with van der Waals surface area (Å²) in [5, 5.41) is 0. The minimum Gasteiger partial charge on any atom is -0.325 e. The van der Waals surface area contributed by atoms with E-state index in [4.69, 9.17) is 5.73 Å². The molecular weight excluding hydrogens is 567 g/mol. The van der Waals surface area contributed by atoms with Crippen molar-refractivity contribution in [3.05, 3.63) is 0 Å². The van der Waals surface area contributed by atoms with Gasteiger partial charge in [-0.05, 0) is 31.6 Å². The Morgan fingerprint density at radius 3 is 0.702 bits per heavy atom. The highest BCUT2D eigenvalue weighted by molar-refractivity contribution is 4.91. The molecule has 0 fully saturated rings. The Morgan fingerprint density at radius 1 is 0.277 bits per heavy atom. The second kappa shape index (κ2) is 38.8. The first-order valence-electron chi connectivity index (χ1n) is 22.9. The van der Waals surface area contributed by atoms with Gasteiger partial charge in [0.25, 0.3) is 0 Å². The molecule has 0 spiro atoms. The van der Waals surface area contributed by atoms with Crippen molar-refractivity contribution in [1.82, 2.24) is 0 Å². The first-order chi connectivity index (χ1) is 23.1. The van der Waals surface area contributed by atoms with Crippen LogP contribution in [0.25, 0.3) is 0 Å². The lowest BCUT2D eigenvalue weighted by Crippen LogP contribution is -2.47. The van der Waals surface area contributed by atoms with Gasteiger partial charge in [-0.3, -0.25) is 0 Å². The molecule has 0 amide bonds. The summed E-state index contributed by atoms with van der Waals surface area (Å²) < 4.78 is 0. The SMILES string of the molecule is CCCCCCCCCCCCCCC(CCCCCCCCCC)C(N)(CCCCCCCCCC)CCCCCCCCCC. The van der Waals surface area contributed by atoms with Crippen LogP contribution in [0.4, 0.5) is 0 Å². The van der Waals surface area contributed by atoms with E-state index in [2.05, 4.69) is 27.7 Å². The fourth-order valence-electron chi connectivity index (χ4n) is 8.18. The molecule has 0 aliphatic rings. The first kappa shape index (κ1) is 47.0. The highest BCUT2D eigenvalue weighted by Gasteiger charge is 2.33. The van der Waals surface area contributed by atoms with Crippen LogP contribution in [0, 0.1) is 5.92 Å². The maximum absolute atomic E-state index is 7.64. The number of nitrogens with two attached hydrogens (primary N) is 1. The highest BCUT2D eigenvalue weighted by Crippen LogP contribution is 2.36. The summed E-state index contributed by atoms with van der Waals surface area (Å²) >= 11 is 0. The van der Waals surface area contributed by atoms with Gasteiger partial charge in [0, 0.05) is 5.54 Å². The zero-order valence-electron chi connectivity index (χ0n) is 33.9. The Balaban J connectivity index is 4.91. The lowest BCUT2D eigenvalue weighted by molar-refractivity contribution is 0.189. The summed E-state index contributed by atoms with van der Waals surface area (Å²) in [6, 6.07) is 0. The fraction of sp³-hybridized carbons (Fsp3) is 1.00. The summed E-state index contributed by atoms with van der Waals surface area (Å²) in [7, 11) is 0. The average Bonchev–Trinajstić information content (AvgIpc) is 3.07. The third-order valence-corrected chi connectivity index (χ3v) is 11.6. The standard InChI is InChI=1S/C46H95N/c1-5-9-13-17-21-25-26-27-28-30-34-38-42-45(41-37-33-29-22-18-14-10-6-2)46(47,43-39-35-31-23-19-15-11-7-3)44-40-36-32-24-20-16-12-8-4/h45H,5-44,47H2,1-4H3. The van der Waals surface area contributed by atoms with Crippen LogP contribution in [0.1, 0.15) is 285 Å². The van der Waals surface area contributed by atoms with Gasteiger partial charge in [0.05, 0.1) is 0 Å². The molecule has 0 heterocycles. The van der Waals surface area contributed by atoms with Gasteiger partial charge in [0.15, 0.2) is 0 Å². The topological polar surface area (TPSA) is 26.0 Å². The van der Waals surface area contributed by atoms with Crippen molar-refractivity contribution in [2.75, 3.05) is 0 Å². The van der Waals surface area contributed by atoms with Crippen molar-refractivity contribution in [2.45, 2.75) is 290 Å². The lowest BCUT2D eigenvalue weighted by Gasteiger charge is -2.39. The van der Waals surface area contributed by atoms with Crippen LogP contribution in [-0.4, -0.2) is 5.54 Å². The van der Waals surface area contributed by atoms with Crippen LogP contribution >= 0.6 is 0 Å². The molecule has 0 saturated carbocycles. The van der Waals surface area contributed by atoms with E-state index < -0.39 is 0 Å². The van der Waals surface area contributed by atoms with Gasteiger partial charge in [-0.25, -0.2) is 0 Å². The molecule has 1 heteroatoms. The number of rotatable bonds is 41. The molecule has 47 heavy (non-hydrogen) atoms. The van der Waals surface area contributed by atoms with Crippen molar-refractivity contribution < 1.29 is 0 Å². The predicted octanol–water partition coefficient (Wildman–Crippen LogP) is 17.0. The summed E-state index contributed by atoms with van der Waals surface area (Å²) in [6.07, 6.45) is 56.8. The maximum atomic E-state index is 7.64. The van der Waals surface area contributed by atoms with Crippen LogP contribution < -0.4 is 5.73 Å². The third-order valence-electron chi connectivity index (χ3n) is 11.6. The lowest BCUT2D eigenvalue weighted by atomic mass is 9.72. The van der Waals surface area contributed by atoms with Crippen molar-refractivity contribution in [2.24, 2.45) is 11.7 Å².